The Bertz CT molecular complexity index is 590. The van der Waals surface area contributed by atoms with E-state index in [1.54, 1.807) is 13.8 Å². The highest BCUT2D eigenvalue weighted by atomic mass is 16.4. The summed E-state index contributed by atoms with van der Waals surface area (Å²) in [5.41, 5.74) is 0.765. The average molecular weight is 281 g/mol. The van der Waals surface area contributed by atoms with Crippen molar-refractivity contribution in [3.63, 3.8) is 0 Å². The second kappa shape index (κ2) is 6.31. The normalized spacial score (nSPS) is 10.7. The van der Waals surface area contributed by atoms with Gasteiger partial charge in [0.05, 0.1) is 6.42 Å². The van der Waals surface area contributed by atoms with Crippen LogP contribution in [0.15, 0.2) is 4.79 Å². The van der Waals surface area contributed by atoms with Crippen molar-refractivity contribution in [2.75, 3.05) is 0 Å². The third-order valence-corrected chi connectivity index (χ3v) is 2.85. The Hall–Kier alpha value is -2.18. The van der Waals surface area contributed by atoms with Crippen molar-refractivity contribution >= 4 is 11.9 Å². The van der Waals surface area contributed by atoms with Gasteiger partial charge in [0.2, 0.25) is 5.91 Å². The molecule has 1 aromatic rings. The van der Waals surface area contributed by atoms with Crippen LogP contribution in [0.5, 0.6) is 0 Å². The highest BCUT2D eigenvalue weighted by Crippen LogP contribution is 2.10. The summed E-state index contributed by atoms with van der Waals surface area (Å²) in [6.07, 6.45) is -0.225. The lowest BCUT2D eigenvalue weighted by atomic mass is 10.1. The van der Waals surface area contributed by atoms with Crippen LogP contribution in [0.3, 0.4) is 0 Å². The molecule has 0 saturated carbocycles. The molecule has 2 N–H and O–H groups in total. The van der Waals surface area contributed by atoms with Crippen molar-refractivity contribution in [3.8, 4) is 0 Å². The first-order valence-corrected chi connectivity index (χ1v) is 6.30. The van der Waals surface area contributed by atoms with Crippen LogP contribution >= 0.6 is 0 Å². The van der Waals surface area contributed by atoms with Gasteiger partial charge in [-0.3, -0.25) is 14.2 Å². The highest BCUT2D eigenvalue weighted by molar-refractivity contribution is 5.76. The van der Waals surface area contributed by atoms with Crippen molar-refractivity contribution in [1.29, 1.82) is 0 Å². The molecule has 0 aliphatic carbocycles. The molecule has 1 aromatic heterocycles. The first-order valence-electron chi connectivity index (χ1n) is 6.30. The molecular formula is C13H19N3O4. The minimum atomic E-state index is -1.00. The number of aliphatic carboxylic acids is 1. The number of aromatic nitrogens is 2. The Morgan fingerprint density at radius 3 is 2.45 bits per heavy atom. The number of hydrogen-bond acceptors (Lipinski definition) is 4. The molecule has 0 atom stereocenters. The summed E-state index contributed by atoms with van der Waals surface area (Å²) in [6.45, 7) is 6.68. The summed E-state index contributed by atoms with van der Waals surface area (Å²) in [6, 6.07) is -0.0320. The van der Waals surface area contributed by atoms with Crippen molar-refractivity contribution in [1.82, 2.24) is 14.9 Å². The molecule has 0 bridgehead atoms. The smallest absolute Gasteiger partial charge is 0.348 e. The molecule has 0 aliphatic heterocycles. The number of nitrogens with zero attached hydrogens (tertiary/aromatic N) is 2. The molecule has 0 aromatic carbocycles. The Morgan fingerprint density at radius 1 is 1.35 bits per heavy atom. The van der Waals surface area contributed by atoms with E-state index in [1.165, 1.54) is 4.57 Å². The number of carbonyl (C=O) groups excluding carboxylic acids is 1. The van der Waals surface area contributed by atoms with Crippen LogP contribution in [-0.2, 0) is 22.6 Å². The molecule has 1 heterocycles. The van der Waals surface area contributed by atoms with Crippen LogP contribution in [0, 0.1) is 13.8 Å². The molecule has 7 nitrogen and oxygen atoms in total. The number of rotatable bonds is 5. The number of nitrogens with one attached hydrogen (secondary N) is 1. The van der Waals surface area contributed by atoms with Crippen LogP contribution in [0.4, 0.5) is 0 Å². The maximum atomic E-state index is 11.8. The van der Waals surface area contributed by atoms with E-state index < -0.39 is 11.7 Å². The molecule has 110 valence electrons. The minimum absolute atomic E-state index is 0.0320. The van der Waals surface area contributed by atoms with Crippen LogP contribution in [0.2, 0.25) is 0 Å². The van der Waals surface area contributed by atoms with E-state index in [2.05, 4.69) is 10.3 Å². The quantitative estimate of drug-likeness (QED) is 0.791. The fourth-order valence-corrected chi connectivity index (χ4v) is 1.94. The van der Waals surface area contributed by atoms with E-state index in [0.29, 0.717) is 17.0 Å². The number of carboxylic acid groups (broad SMARTS) is 1. The molecule has 0 fully saturated rings. The Morgan fingerprint density at radius 2 is 1.95 bits per heavy atom. The first-order chi connectivity index (χ1) is 9.22. The molecule has 0 saturated heterocycles. The van der Waals surface area contributed by atoms with Gasteiger partial charge in [0.15, 0.2) is 0 Å². The van der Waals surface area contributed by atoms with E-state index in [4.69, 9.17) is 5.11 Å². The maximum Gasteiger partial charge on any atom is 0.348 e. The monoisotopic (exact) mass is 281 g/mol. The zero-order chi connectivity index (χ0) is 15.4. The number of hydrogen-bond donors (Lipinski definition) is 2. The lowest BCUT2D eigenvalue weighted by Gasteiger charge is -2.15. The second-order valence-corrected chi connectivity index (χ2v) is 4.92. The number of amides is 1. The van der Waals surface area contributed by atoms with Gasteiger partial charge >= 0.3 is 11.7 Å². The van der Waals surface area contributed by atoms with E-state index in [-0.39, 0.29) is 24.9 Å². The van der Waals surface area contributed by atoms with Crippen molar-refractivity contribution < 1.29 is 14.7 Å². The van der Waals surface area contributed by atoms with Crippen LogP contribution in [-0.4, -0.2) is 32.6 Å². The summed E-state index contributed by atoms with van der Waals surface area (Å²) < 4.78 is 1.20. The Labute approximate surface area is 116 Å². The third-order valence-electron chi connectivity index (χ3n) is 2.85. The third kappa shape index (κ3) is 3.91. The van der Waals surface area contributed by atoms with Gasteiger partial charge in [0, 0.05) is 23.0 Å². The van der Waals surface area contributed by atoms with Gasteiger partial charge in [-0.05, 0) is 27.7 Å². The van der Waals surface area contributed by atoms with Gasteiger partial charge in [-0.15, -0.1) is 0 Å². The van der Waals surface area contributed by atoms with Gasteiger partial charge in [0.1, 0.15) is 6.54 Å². The van der Waals surface area contributed by atoms with Crippen LogP contribution < -0.4 is 11.0 Å². The fraction of sp³-hybridized carbons (Fsp3) is 0.538. The van der Waals surface area contributed by atoms with Crippen molar-refractivity contribution in [2.45, 2.75) is 46.7 Å². The molecule has 0 unspecified atom stereocenters. The molecule has 1 rings (SSSR count). The zero-order valence-corrected chi connectivity index (χ0v) is 12.1. The van der Waals surface area contributed by atoms with E-state index in [0.717, 1.165) is 0 Å². The molecular weight excluding hydrogens is 262 g/mol. The molecule has 0 radical (unpaired) electrons. The van der Waals surface area contributed by atoms with Gasteiger partial charge in [-0.25, -0.2) is 4.79 Å². The van der Waals surface area contributed by atoms with Gasteiger partial charge in [-0.2, -0.15) is 4.98 Å². The topological polar surface area (TPSA) is 101 Å². The summed E-state index contributed by atoms with van der Waals surface area (Å²) in [7, 11) is 0. The van der Waals surface area contributed by atoms with E-state index in [9.17, 15) is 14.4 Å². The standard InChI is InChI=1S/C13H19N3O4/c1-7(2)14-11(17)6-16-9(4)10(5-12(18)19)8(3)15-13(16)20/h7H,5-6H2,1-4H3,(H,14,17)(H,18,19). The highest BCUT2D eigenvalue weighted by Gasteiger charge is 2.16. The SMILES string of the molecule is Cc1nc(=O)n(CC(=O)NC(C)C)c(C)c1CC(=O)O. The van der Waals surface area contributed by atoms with Crippen LogP contribution in [0.25, 0.3) is 0 Å². The van der Waals surface area contributed by atoms with E-state index >= 15 is 0 Å². The molecule has 0 spiro atoms. The maximum absolute atomic E-state index is 11.8. The molecule has 20 heavy (non-hydrogen) atoms. The molecule has 7 heteroatoms. The fourth-order valence-electron chi connectivity index (χ4n) is 1.94. The Kier molecular flexibility index (Phi) is 5.01. The predicted molar refractivity (Wildman–Crippen MR) is 72.6 cm³/mol. The number of aryl methyl sites for hydroxylation is 1. The van der Waals surface area contributed by atoms with Crippen LogP contribution in [0.1, 0.15) is 30.8 Å². The van der Waals surface area contributed by atoms with Gasteiger partial charge in [-0.1, -0.05) is 0 Å². The van der Waals surface area contributed by atoms with Gasteiger partial charge in [0.25, 0.3) is 0 Å². The van der Waals surface area contributed by atoms with Crippen molar-refractivity contribution in [3.05, 3.63) is 27.4 Å². The first kappa shape index (κ1) is 15.9. The average Bonchev–Trinajstić information content (AvgIpc) is 2.29. The van der Waals surface area contributed by atoms with E-state index in [1.807, 2.05) is 13.8 Å². The summed E-state index contributed by atoms with van der Waals surface area (Å²) in [4.78, 5) is 38.2. The van der Waals surface area contributed by atoms with Gasteiger partial charge < -0.3 is 10.4 Å². The second-order valence-electron chi connectivity index (χ2n) is 4.92. The van der Waals surface area contributed by atoms with Crippen molar-refractivity contribution in [2.24, 2.45) is 0 Å². The zero-order valence-electron chi connectivity index (χ0n) is 12.1. The Balaban J connectivity index is 3.16. The largest absolute Gasteiger partial charge is 0.481 e. The molecule has 1 amide bonds. The summed E-state index contributed by atoms with van der Waals surface area (Å²) in [5.74, 6) is -1.31. The predicted octanol–water partition coefficient (Wildman–Crippen LogP) is 0.0118. The lowest BCUT2D eigenvalue weighted by molar-refractivity contribution is -0.136. The number of carbonyl (C=O) groups is 2. The minimum Gasteiger partial charge on any atom is -0.481 e. The lowest BCUT2D eigenvalue weighted by Crippen LogP contribution is -2.38. The summed E-state index contributed by atoms with van der Waals surface area (Å²) in [5, 5.41) is 11.6. The number of carboxylic acids is 1. The summed E-state index contributed by atoms with van der Waals surface area (Å²) >= 11 is 0. The molecule has 0 aliphatic rings.